The molecule has 0 fully saturated rings. The average Bonchev–Trinajstić information content (AvgIpc) is 2.27. The van der Waals surface area contributed by atoms with Gasteiger partial charge >= 0.3 is 0 Å². The third-order valence-corrected chi connectivity index (χ3v) is 2.83. The second-order valence-corrected chi connectivity index (χ2v) is 4.47. The number of aromatic nitrogens is 2. The molecule has 5 heteroatoms. The molecule has 2 N–H and O–H groups in total. The summed E-state index contributed by atoms with van der Waals surface area (Å²) in [5.74, 6) is 0.550. The average molecular weight is 225 g/mol. The summed E-state index contributed by atoms with van der Waals surface area (Å²) in [6.45, 7) is 5.61. The van der Waals surface area contributed by atoms with E-state index in [1.54, 1.807) is 6.20 Å². The molecule has 0 aliphatic heterocycles. The zero-order valence-corrected chi connectivity index (χ0v) is 10.2. The van der Waals surface area contributed by atoms with E-state index >= 15 is 0 Å². The van der Waals surface area contributed by atoms with Gasteiger partial charge in [0.2, 0.25) is 5.95 Å². The van der Waals surface area contributed by atoms with Crippen LogP contribution in [0.3, 0.4) is 0 Å². The number of hydrogen-bond donors (Lipinski definition) is 2. The van der Waals surface area contributed by atoms with Crippen LogP contribution in [0.25, 0.3) is 0 Å². The van der Waals surface area contributed by atoms with Crippen molar-refractivity contribution in [2.24, 2.45) is 0 Å². The molecule has 0 aliphatic rings. The molecule has 1 heterocycles. The fraction of sp³-hybridized carbons (Fsp3) is 0.636. The number of rotatable bonds is 4. The summed E-state index contributed by atoms with van der Waals surface area (Å²) in [7, 11) is 1.84. The first-order chi connectivity index (χ1) is 7.42. The third-order valence-electron chi connectivity index (χ3n) is 2.83. The van der Waals surface area contributed by atoms with E-state index in [9.17, 15) is 5.11 Å². The summed E-state index contributed by atoms with van der Waals surface area (Å²) in [5, 5.41) is 18.3. The molecule has 0 saturated heterocycles. The molecule has 0 unspecified atom stereocenters. The van der Waals surface area contributed by atoms with Gasteiger partial charge in [0, 0.05) is 24.5 Å². The molecular formula is C11H19N3O2. The van der Waals surface area contributed by atoms with E-state index < -0.39 is 5.54 Å². The number of anilines is 1. The van der Waals surface area contributed by atoms with Gasteiger partial charge in [0.25, 0.3) is 0 Å². The molecule has 0 amide bonds. The lowest BCUT2D eigenvalue weighted by Gasteiger charge is -2.34. The molecule has 0 radical (unpaired) electrons. The Labute approximate surface area is 95.8 Å². The molecule has 1 rings (SSSR count). The molecule has 0 spiro atoms. The predicted octanol–water partition coefficient (Wildman–Crippen LogP) is 0.484. The van der Waals surface area contributed by atoms with Crippen molar-refractivity contribution in [3.05, 3.63) is 17.5 Å². The molecule has 0 bridgehead atoms. The van der Waals surface area contributed by atoms with Crippen LogP contribution in [0.1, 0.15) is 25.1 Å². The number of aliphatic hydroxyl groups is 2. The van der Waals surface area contributed by atoms with Gasteiger partial charge in [-0.05, 0) is 20.8 Å². The molecule has 1 aromatic rings. The first kappa shape index (κ1) is 12.9. The summed E-state index contributed by atoms with van der Waals surface area (Å²) in [5.41, 5.74) is 1.07. The van der Waals surface area contributed by atoms with Crippen LogP contribution < -0.4 is 4.90 Å². The van der Waals surface area contributed by atoms with Gasteiger partial charge in [0.1, 0.15) is 0 Å². The largest absolute Gasteiger partial charge is 0.394 e. The van der Waals surface area contributed by atoms with Crippen LogP contribution in [-0.2, 0) is 6.61 Å². The van der Waals surface area contributed by atoms with Crippen LogP contribution in [0, 0.1) is 6.92 Å². The third kappa shape index (κ3) is 2.48. The first-order valence-electron chi connectivity index (χ1n) is 5.20. The normalized spacial score (nSPS) is 11.6. The van der Waals surface area contributed by atoms with Crippen molar-refractivity contribution in [3.8, 4) is 0 Å². The Morgan fingerprint density at radius 2 is 2.00 bits per heavy atom. The second kappa shape index (κ2) is 4.76. The monoisotopic (exact) mass is 225 g/mol. The van der Waals surface area contributed by atoms with Crippen LogP contribution >= 0.6 is 0 Å². The van der Waals surface area contributed by atoms with E-state index in [0.29, 0.717) is 5.95 Å². The van der Waals surface area contributed by atoms with Gasteiger partial charge in [0.15, 0.2) is 0 Å². The Balaban J connectivity index is 3.02. The maximum atomic E-state index is 9.26. The van der Waals surface area contributed by atoms with E-state index in [1.165, 1.54) is 0 Å². The standard InChI is InChI=1S/C11H19N3O2/c1-8-9(6-15)5-12-10(13-8)14(4)11(2,3)7-16/h5,15-16H,6-7H2,1-4H3. The van der Waals surface area contributed by atoms with Crippen LogP contribution in [0.5, 0.6) is 0 Å². The highest BCUT2D eigenvalue weighted by Crippen LogP contribution is 2.18. The fourth-order valence-electron chi connectivity index (χ4n) is 1.17. The van der Waals surface area contributed by atoms with E-state index in [0.717, 1.165) is 11.3 Å². The Kier molecular flexibility index (Phi) is 3.83. The molecule has 90 valence electrons. The zero-order valence-electron chi connectivity index (χ0n) is 10.2. The van der Waals surface area contributed by atoms with Crippen molar-refractivity contribution >= 4 is 5.95 Å². The first-order valence-corrected chi connectivity index (χ1v) is 5.20. The molecule has 16 heavy (non-hydrogen) atoms. The van der Waals surface area contributed by atoms with Crippen molar-refractivity contribution in [1.82, 2.24) is 9.97 Å². The summed E-state index contributed by atoms with van der Waals surface area (Å²) in [6.07, 6.45) is 1.61. The molecule has 0 saturated carbocycles. The molecule has 0 atom stereocenters. The molecule has 5 nitrogen and oxygen atoms in total. The molecule has 1 aromatic heterocycles. The Morgan fingerprint density at radius 3 is 2.44 bits per heavy atom. The fourth-order valence-corrected chi connectivity index (χ4v) is 1.17. The number of likely N-dealkylation sites (N-methyl/N-ethyl adjacent to an activating group) is 1. The highest BCUT2D eigenvalue weighted by molar-refractivity contribution is 5.35. The number of aliphatic hydroxyl groups excluding tert-OH is 2. The van der Waals surface area contributed by atoms with Crippen LogP contribution in [-0.4, -0.2) is 39.4 Å². The highest BCUT2D eigenvalue weighted by Gasteiger charge is 2.24. The number of hydrogen-bond acceptors (Lipinski definition) is 5. The summed E-state index contributed by atoms with van der Waals surface area (Å²) in [4.78, 5) is 10.3. The SMILES string of the molecule is Cc1nc(N(C)C(C)(C)CO)ncc1CO. The maximum absolute atomic E-state index is 9.26. The Morgan fingerprint density at radius 1 is 1.38 bits per heavy atom. The van der Waals surface area contributed by atoms with E-state index in [1.807, 2.05) is 32.7 Å². The lowest BCUT2D eigenvalue weighted by Crippen LogP contribution is -2.45. The molecular weight excluding hydrogens is 206 g/mol. The lowest BCUT2D eigenvalue weighted by atomic mass is 10.1. The quantitative estimate of drug-likeness (QED) is 0.780. The number of nitrogens with zero attached hydrogens (tertiary/aromatic N) is 3. The van der Waals surface area contributed by atoms with E-state index in [-0.39, 0.29) is 13.2 Å². The van der Waals surface area contributed by atoms with Gasteiger partial charge in [-0.15, -0.1) is 0 Å². The van der Waals surface area contributed by atoms with Gasteiger partial charge in [-0.2, -0.15) is 0 Å². The summed E-state index contributed by atoms with van der Waals surface area (Å²) >= 11 is 0. The number of aryl methyl sites for hydroxylation is 1. The molecule has 0 aromatic carbocycles. The van der Waals surface area contributed by atoms with Crippen molar-refractivity contribution in [1.29, 1.82) is 0 Å². The van der Waals surface area contributed by atoms with Gasteiger partial charge in [-0.1, -0.05) is 0 Å². The summed E-state index contributed by atoms with van der Waals surface area (Å²) in [6, 6.07) is 0. The van der Waals surface area contributed by atoms with Gasteiger partial charge < -0.3 is 15.1 Å². The van der Waals surface area contributed by atoms with Gasteiger partial charge in [-0.3, -0.25) is 0 Å². The van der Waals surface area contributed by atoms with Crippen molar-refractivity contribution < 1.29 is 10.2 Å². The van der Waals surface area contributed by atoms with E-state index in [4.69, 9.17) is 5.11 Å². The minimum atomic E-state index is -0.410. The van der Waals surface area contributed by atoms with Crippen molar-refractivity contribution in [3.63, 3.8) is 0 Å². The van der Waals surface area contributed by atoms with Crippen molar-refractivity contribution in [2.45, 2.75) is 32.9 Å². The minimum absolute atomic E-state index is 0.0215. The zero-order chi connectivity index (χ0) is 12.3. The maximum Gasteiger partial charge on any atom is 0.225 e. The van der Waals surface area contributed by atoms with Gasteiger partial charge in [-0.25, -0.2) is 9.97 Å². The van der Waals surface area contributed by atoms with Crippen LogP contribution in [0.15, 0.2) is 6.20 Å². The predicted molar refractivity (Wildman–Crippen MR) is 62.3 cm³/mol. The van der Waals surface area contributed by atoms with Crippen molar-refractivity contribution in [2.75, 3.05) is 18.6 Å². The Bertz CT molecular complexity index is 366. The lowest BCUT2D eigenvalue weighted by molar-refractivity contribution is 0.215. The minimum Gasteiger partial charge on any atom is -0.394 e. The van der Waals surface area contributed by atoms with Crippen LogP contribution in [0.4, 0.5) is 5.95 Å². The summed E-state index contributed by atoms with van der Waals surface area (Å²) < 4.78 is 0. The Hall–Kier alpha value is -1.20. The van der Waals surface area contributed by atoms with Crippen LogP contribution in [0.2, 0.25) is 0 Å². The van der Waals surface area contributed by atoms with E-state index in [2.05, 4.69) is 9.97 Å². The smallest absolute Gasteiger partial charge is 0.225 e. The second-order valence-electron chi connectivity index (χ2n) is 4.47. The van der Waals surface area contributed by atoms with Gasteiger partial charge in [0.05, 0.1) is 18.8 Å². The molecule has 0 aliphatic carbocycles. The highest BCUT2D eigenvalue weighted by atomic mass is 16.3. The topological polar surface area (TPSA) is 69.5 Å².